The summed E-state index contributed by atoms with van der Waals surface area (Å²) in [5.74, 6) is -0.534. The van der Waals surface area contributed by atoms with Gasteiger partial charge < -0.3 is 15.2 Å². The highest BCUT2D eigenvalue weighted by Gasteiger charge is 2.37. The van der Waals surface area contributed by atoms with E-state index in [0.717, 1.165) is 12.1 Å². The van der Waals surface area contributed by atoms with Crippen LogP contribution in [0, 0.1) is 22.7 Å². The molecule has 10 heteroatoms. The first kappa shape index (κ1) is 23.4. The van der Waals surface area contributed by atoms with Crippen molar-refractivity contribution in [3.63, 3.8) is 0 Å². The number of likely N-dealkylation sites (tertiary alicyclic amines) is 1. The predicted molar refractivity (Wildman–Crippen MR) is 126 cm³/mol. The normalized spacial score (nSPS) is 15.8. The number of nitrogens with one attached hydrogen (secondary N) is 2. The highest BCUT2D eigenvalue weighted by Crippen LogP contribution is 2.26. The van der Waals surface area contributed by atoms with E-state index in [-0.39, 0.29) is 17.7 Å². The molecule has 0 aromatic carbocycles. The second kappa shape index (κ2) is 9.25. The van der Waals surface area contributed by atoms with Gasteiger partial charge in [-0.05, 0) is 25.2 Å². The standard InChI is InChI=1S/C24H30N8O2/c1-5-32-14-16(11-28-32)18-13-27-21-19(29-18)17(12-26-21)22(33)30-20(24(2,3)4)23(34)31-8-6-15(10-25)7-9-31/h11-15,20H,5-9H2,1-4H3,(H,26,27)(H,30,33)/t20-/m0/s1. The molecule has 10 nitrogen and oxygen atoms in total. The molecule has 4 rings (SSSR count). The van der Waals surface area contributed by atoms with Crippen LogP contribution in [0.4, 0.5) is 0 Å². The summed E-state index contributed by atoms with van der Waals surface area (Å²) < 4.78 is 1.80. The highest BCUT2D eigenvalue weighted by atomic mass is 16.2. The Kier molecular flexibility index (Phi) is 6.37. The number of rotatable bonds is 5. The van der Waals surface area contributed by atoms with E-state index in [0.29, 0.717) is 48.4 Å². The number of carbonyl (C=O) groups is 2. The monoisotopic (exact) mass is 462 g/mol. The lowest BCUT2D eigenvalue weighted by atomic mass is 9.85. The maximum absolute atomic E-state index is 13.4. The number of nitrogens with zero attached hydrogens (tertiary/aromatic N) is 6. The number of hydrogen-bond acceptors (Lipinski definition) is 6. The van der Waals surface area contributed by atoms with Gasteiger partial charge in [0.25, 0.3) is 5.91 Å². The number of aryl methyl sites for hydroxylation is 1. The van der Waals surface area contributed by atoms with Crippen molar-refractivity contribution < 1.29 is 9.59 Å². The molecule has 1 aliphatic rings. The molecular formula is C24H30N8O2. The molecule has 0 radical (unpaired) electrons. The Hall–Kier alpha value is -3.74. The zero-order chi connectivity index (χ0) is 24.5. The summed E-state index contributed by atoms with van der Waals surface area (Å²) in [5.41, 5.74) is 2.19. The Bertz CT molecular complexity index is 1240. The van der Waals surface area contributed by atoms with Gasteiger partial charge in [0.1, 0.15) is 11.6 Å². The first-order valence-corrected chi connectivity index (χ1v) is 11.6. The van der Waals surface area contributed by atoms with Crippen LogP contribution in [0.1, 0.15) is 50.9 Å². The van der Waals surface area contributed by atoms with Gasteiger partial charge in [-0.25, -0.2) is 9.97 Å². The van der Waals surface area contributed by atoms with Crippen molar-refractivity contribution in [2.45, 2.75) is 53.1 Å². The Morgan fingerprint density at radius 2 is 2.03 bits per heavy atom. The lowest BCUT2D eigenvalue weighted by Crippen LogP contribution is -2.56. The van der Waals surface area contributed by atoms with Crippen molar-refractivity contribution in [2.24, 2.45) is 11.3 Å². The fourth-order valence-corrected chi connectivity index (χ4v) is 4.14. The Morgan fingerprint density at radius 1 is 1.29 bits per heavy atom. The van der Waals surface area contributed by atoms with E-state index >= 15 is 0 Å². The summed E-state index contributed by atoms with van der Waals surface area (Å²) in [5, 5.41) is 16.4. The maximum Gasteiger partial charge on any atom is 0.255 e. The SMILES string of the molecule is CCn1cc(-c2cnc3[nH]cc(C(=O)N[C@@H](C(=O)N4CCC(C#N)CC4)C(C)(C)C)c3n2)cn1. The van der Waals surface area contributed by atoms with Gasteiger partial charge in [-0.15, -0.1) is 0 Å². The van der Waals surface area contributed by atoms with Crippen LogP contribution < -0.4 is 5.32 Å². The minimum Gasteiger partial charge on any atom is -0.344 e. The minimum atomic E-state index is -0.720. The average Bonchev–Trinajstić information content (AvgIpc) is 3.48. The number of amides is 2. The van der Waals surface area contributed by atoms with E-state index in [2.05, 4.69) is 31.4 Å². The second-order valence-corrected chi connectivity index (χ2v) is 9.74. The Balaban J connectivity index is 1.58. The number of aromatic amines is 1. The number of nitriles is 1. The number of H-pyrrole nitrogens is 1. The third-order valence-electron chi connectivity index (χ3n) is 6.26. The Morgan fingerprint density at radius 3 is 2.65 bits per heavy atom. The fourth-order valence-electron chi connectivity index (χ4n) is 4.14. The van der Waals surface area contributed by atoms with Crippen LogP contribution in [0.25, 0.3) is 22.4 Å². The zero-order valence-corrected chi connectivity index (χ0v) is 20.0. The van der Waals surface area contributed by atoms with Crippen LogP contribution in [-0.2, 0) is 11.3 Å². The van der Waals surface area contributed by atoms with Crippen LogP contribution in [0.15, 0.2) is 24.8 Å². The number of fused-ring (bicyclic) bond motifs is 1. The third kappa shape index (κ3) is 4.64. The molecule has 3 aromatic rings. The molecule has 0 spiro atoms. The molecule has 2 N–H and O–H groups in total. The van der Waals surface area contributed by atoms with Gasteiger partial charge in [-0.1, -0.05) is 20.8 Å². The van der Waals surface area contributed by atoms with Crippen molar-refractivity contribution in [2.75, 3.05) is 13.1 Å². The van der Waals surface area contributed by atoms with E-state index in [9.17, 15) is 9.59 Å². The van der Waals surface area contributed by atoms with E-state index < -0.39 is 11.5 Å². The molecule has 1 aliphatic heterocycles. The number of aromatic nitrogens is 5. The number of piperidine rings is 1. The van der Waals surface area contributed by atoms with E-state index in [4.69, 9.17) is 5.26 Å². The molecule has 2 amide bonds. The van der Waals surface area contributed by atoms with Crippen molar-refractivity contribution >= 4 is 23.0 Å². The third-order valence-corrected chi connectivity index (χ3v) is 6.26. The fraction of sp³-hybridized carbons (Fsp3) is 0.500. The van der Waals surface area contributed by atoms with Crippen LogP contribution in [0.2, 0.25) is 0 Å². The van der Waals surface area contributed by atoms with Gasteiger partial charge in [0.2, 0.25) is 5.91 Å². The van der Waals surface area contributed by atoms with Crippen LogP contribution in [0.5, 0.6) is 0 Å². The second-order valence-electron chi connectivity index (χ2n) is 9.74. The van der Waals surface area contributed by atoms with Gasteiger partial charge in [0.05, 0.1) is 29.7 Å². The number of hydrogen-bond donors (Lipinski definition) is 2. The molecule has 178 valence electrons. The van der Waals surface area contributed by atoms with E-state index in [1.165, 1.54) is 0 Å². The van der Waals surface area contributed by atoms with Gasteiger partial charge in [-0.2, -0.15) is 10.4 Å². The molecule has 34 heavy (non-hydrogen) atoms. The van der Waals surface area contributed by atoms with Crippen LogP contribution >= 0.6 is 0 Å². The quantitative estimate of drug-likeness (QED) is 0.599. The topological polar surface area (TPSA) is 133 Å². The van der Waals surface area contributed by atoms with Crippen LogP contribution in [0.3, 0.4) is 0 Å². The van der Waals surface area contributed by atoms with Crippen molar-refractivity contribution in [3.8, 4) is 17.3 Å². The smallest absolute Gasteiger partial charge is 0.255 e. The minimum absolute atomic E-state index is 0.0184. The molecule has 0 aliphatic carbocycles. The molecule has 0 unspecified atom stereocenters. The molecule has 1 saturated heterocycles. The lowest BCUT2D eigenvalue weighted by Gasteiger charge is -2.37. The summed E-state index contributed by atoms with van der Waals surface area (Å²) in [6, 6.07) is 1.56. The number of carbonyl (C=O) groups excluding carboxylic acids is 2. The highest BCUT2D eigenvalue weighted by molar-refractivity contribution is 6.06. The largest absolute Gasteiger partial charge is 0.344 e. The summed E-state index contributed by atoms with van der Waals surface area (Å²) in [6.07, 6.45) is 8.12. The van der Waals surface area contributed by atoms with Gasteiger partial charge in [-0.3, -0.25) is 14.3 Å². The summed E-state index contributed by atoms with van der Waals surface area (Å²) in [6.45, 7) is 9.56. The molecule has 0 bridgehead atoms. The Labute approximate surface area is 198 Å². The maximum atomic E-state index is 13.4. The van der Waals surface area contributed by atoms with Gasteiger partial charge in [0.15, 0.2) is 5.65 Å². The molecule has 1 atom stereocenters. The average molecular weight is 463 g/mol. The first-order chi connectivity index (χ1) is 16.2. The van der Waals surface area contributed by atoms with Crippen molar-refractivity contribution in [1.82, 2.24) is 34.9 Å². The lowest BCUT2D eigenvalue weighted by molar-refractivity contribution is -0.137. The molecule has 3 aromatic heterocycles. The van der Waals surface area contributed by atoms with Gasteiger partial charge >= 0.3 is 0 Å². The van der Waals surface area contributed by atoms with Crippen molar-refractivity contribution in [3.05, 3.63) is 30.4 Å². The summed E-state index contributed by atoms with van der Waals surface area (Å²) in [4.78, 5) is 40.5. The van der Waals surface area contributed by atoms with Crippen molar-refractivity contribution in [1.29, 1.82) is 5.26 Å². The molecule has 0 saturated carbocycles. The summed E-state index contributed by atoms with van der Waals surface area (Å²) >= 11 is 0. The van der Waals surface area contributed by atoms with E-state index in [1.807, 2.05) is 33.9 Å². The summed E-state index contributed by atoms with van der Waals surface area (Å²) in [7, 11) is 0. The van der Waals surface area contributed by atoms with Crippen LogP contribution in [-0.4, -0.2) is 60.6 Å². The molecule has 1 fully saturated rings. The zero-order valence-electron chi connectivity index (χ0n) is 20.0. The molecular weight excluding hydrogens is 432 g/mol. The predicted octanol–water partition coefficient (Wildman–Crippen LogP) is 2.75. The van der Waals surface area contributed by atoms with E-state index in [1.54, 1.807) is 28.2 Å². The first-order valence-electron chi connectivity index (χ1n) is 11.6. The molecule has 4 heterocycles. The van der Waals surface area contributed by atoms with Gasteiger partial charge in [0, 0.05) is 43.5 Å².